The van der Waals surface area contributed by atoms with Gasteiger partial charge in [0, 0.05) is 30.1 Å². The van der Waals surface area contributed by atoms with Gasteiger partial charge in [0.1, 0.15) is 0 Å². The van der Waals surface area contributed by atoms with E-state index in [0.29, 0.717) is 0 Å². The van der Waals surface area contributed by atoms with Gasteiger partial charge in [-0.05, 0) is 44.1 Å². The van der Waals surface area contributed by atoms with E-state index in [9.17, 15) is 0 Å². The Labute approximate surface area is 115 Å². The highest BCUT2D eigenvalue weighted by Crippen LogP contribution is 2.29. The average Bonchev–Trinajstić information content (AvgIpc) is 2.63. The summed E-state index contributed by atoms with van der Waals surface area (Å²) in [6, 6.07) is 8.71. The summed E-state index contributed by atoms with van der Waals surface area (Å²) in [5.74, 6) is 0. The van der Waals surface area contributed by atoms with E-state index in [1.54, 1.807) is 0 Å². The molecule has 18 heavy (non-hydrogen) atoms. The molecule has 1 aromatic carbocycles. The molecule has 0 saturated carbocycles. The van der Waals surface area contributed by atoms with Gasteiger partial charge in [-0.15, -0.1) is 0 Å². The predicted octanol–water partition coefficient (Wildman–Crippen LogP) is 3.43. The molecule has 0 aliphatic carbocycles. The fraction of sp³-hybridized carbons (Fsp3) is 0.600. The lowest BCUT2D eigenvalue weighted by atomic mass is 10.1. The highest BCUT2D eigenvalue weighted by Gasteiger charge is 2.18. The topological polar surface area (TPSA) is 29.3 Å². The number of thioether (sulfide) groups is 1. The minimum Gasteiger partial charge on any atom is -0.371 e. The summed E-state index contributed by atoms with van der Waals surface area (Å²) in [6.07, 6.45) is 6.15. The zero-order chi connectivity index (χ0) is 13.0. The second-order valence-electron chi connectivity index (χ2n) is 5.12. The quantitative estimate of drug-likeness (QED) is 0.907. The van der Waals surface area contributed by atoms with Crippen molar-refractivity contribution in [3.05, 3.63) is 29.8 Å². The molecule has 2 atom stereocenters. The second-order valence-corrected chi connectivity index (χ2v) is 6.26. The summed E-state index contributed by atoms with van der Waals surface area (Å²) in [6.45, 7) is 4.40. The number of hydrogen-bond donors (Lipinski definition) is 1. The van der Waals surface area contributed by atoms with Gasteiger partial charge >= 0.3 is 0 Å². The Bertz CT molecular complexity index is 379. The second kappa shape index (κ2) is 6.48. The van der Waals surface area contributed by atoms with Crippen LogP contribution < -0.4 is 10.6 Å². The lowest BCUT2D eigenvalue weighted by Gasteiger charge is -2.26. The molecule has 1 heterocycles. The van der Waals surface area contributed by atoms with Crippen molar-refractivity contribution >= 4 is 17.4 Å². The van der Waals surface area contributed by atoms with Crippen molar-refractivity contribution in [2.75, 3.05) is 24.2 Å². The molecule has 1 aromatic rings. The molecule has 2 N–H and O–H groups in total. The minimum atomic E-state index is 0.112. The van der Waals surface area contributed by atoms with E-state index >= 15 is 0 Å². The highest BCUT2D eigenvalue weighted by molar-refractivity contribution is 7.99. The summed E-state index contributed by atoms with van der Waals surface area (Å²) in [5.41, 5.74) is 8.70. The van der Waals surface area contributed by atoms with Crippen molar-refractivity contribution in [2.24, 2.45) is 5.73 Å². The standard InChI is InChI=1S/C15H24N2S/c1-12(16)14-7-3-4-8-15(14)17-10-5-6-13(18-2)9-11-17/h3-4,7-8,12-13H,5-6,9-11,16H2,1-2H3. The molecule has 0 amide bonds. The van der Waals surface area contributed by atoms with Gasteiger partial charge in [-0.2, -0.15) is 11.8 Å². The lowest BCUT2D eigenvalue weighted by molar-refractivity contribution is 0.745. The normalized spacial score (nSPS) is 22.6. The molecule has 3 heteroatoms. The van der Waals surface area contributed by atoms with Gasteiger partial charge in [0.2, 0.25) is 0 Å². The van der Waals surface area contributed by atoms with E-state index < -0.39 is 0 Å². The van der Waals surface area contributed by atoms with Gasteiger partial charge in [0.25, 0.3) is 0 Å². The third kappa shape index (κ3) is 3.21. The van der Waals surface area contributed by atoms with E-state index in [1.807, 2.05) is 11.8 Å². The van der Waals surface area contributed by atoms with Crippen LogP contribution in [0.4, 0.5) is 5.69 Å². The van der Waals surface area contributed by atoms with Crippen LogP contribution >= 0.6 is 11.8 Å². The zero-order valence-electron chi connectivity index (χ0n) is 11.4. The number of benzene rings is 1. The first-order valence-corrected chi connectivity index (χ1v) is 8.13. The lowest BCUT2D eigenvalue weighted by Crippen LogP contribution is -2.26. The Balaban J connectivity index is 2.16. The van der Waals surface area contributed by atoms with Crippen LogP contribution in [0.3, 0.4) is 0 Å². The van der Waals surface area contributed by atoms with Gasteiger partial charge in [0.05, 0.1) is 0 Å². The van der Waals surface area contributed by atoms with Crippen molar-refractivity contribution in [1.29, 1.82) is 0 Å². The summed E-state index contributed by atoms with van der Waals surface area (Å²) in [7, 11) is 0. The van der Waals surface area contributed by atoms with Gasteiger partial charge < -0.3 is 10.6 Å². The molecule has 2 unspecified atom stereocenters. The Morgan fingerprint density at radius 1 is 1.28 bits per heavy atom. The van der Waals surface area contributed by atoms with Crippen molar-refractivity contribution in [3.63, 3.8) is 0 Å². The molecule has 1 fully saturated rings. The minimum absolute atomic E-state index is 0.112. The Morgan fingerprint density at radius 2 is 2.06 bits per heavy atom. The fourth-order valence-electron chi connectivity index (χ4n) is 2.70. The largest absolute Gasteiger partial charge is 0.371 e. The van der Waals surface area contributed by atoms with Crippen molar-refractivity contribution in [2.45, 2.75) is 37.5 Å². The van der Waals surface area contributed by atoms with Crippen LogP contribution in [-0.2, 0) is 0 Å². The maximum atomic E-state index is 6.08. The molecule has 0 bridgehead atoms. The Kier molecular flexibility index (Phi) is 4.95. The molecule has 0 aromatic heterocycles. The molecule has 1 aliphatic heterocycles. The number of hydrogen-bond acceptors (Lipinski definition) is 3. The highest BCUT2D eigenvalue weighted by atomic mass is 32.2. The van der Waals surface area contributed by atoms with Crippen LogP contribution in [0.25, 0.3) is 0 Å². The average molecular weight is 264 g/mol. The Morgan fingerprint density at radius 3 is 2.78 bits per heavy atom. The van der Waals surface area contributed by atoms with Crippen LogP contribution in [0.1, 0.15) is 37.8 Å². The van der Waals surface area contributed by atoms with Crippen LogP contribution in [0.2, 0.25) is 0 Å². The number of nitrogens with zero attached hydrogens (tertiary/aromatic N) is 1. The maximum absolute atomic E-state index is 6.08. The third-order valence-electron chi connectivity index (χ3n) is 3.78. The van der Waals surface area contributed by atoms with E-state index in [1.165, 1.54) is 37.1 Å². The first kappa shape index (κ1) is 13.8. The molecule has 2 nitrogen and oxygen atoms in total. The smallest absolute Gasteiger partial charge is 0.0414 e. The number of rotatable bonds is 3. The fourth-order valence-corrected chi connectivity index (χ4v) is 3.45. The molecular weight excluding hydrogens is 240 g/mol. The van der Waals surface area contributed by atoms with E-state index in [0.717, 1.165) is 11.8 Å². The van der Waals surface area contributed by atoms with Crippen molar-refractivity contribution in [3.8, 4) is 0 Å². The summed E-state index contributed by atoms with van der Waals surface area (Å²) in [5, 5.41) is 0.831. The van der Waals surface area contributed by atoms with Crippen LogP contribution in [0.5, 0.6) is 0 Å². The van der Waals surface area contributed by atoms with Gasteiger partial charge in [0.15, 0.2) is 0 Å². The van der Waals surface area contributed by atoms with Gasteiger partial charge in [-0.1, -0.05) is 18.2 Å². The maximum Gasteiger partial charge on any atom is 0.0414 e. The summed E-state index contributed by atoms with van der Waals surface area (Å²) >= 11 is 2.02. The Hall–Kier alpha value is -0.670. The van der Waals surface area contributed by atoms with Crippen molar-refractivity contribution in [1.82, 2.24) is 0 Å². The molecule has 0 spiro atoms. The molecule has 100 valence electrons. The van der Waals surface area contributed by atoms with E-state index in [4.69, 9.17) is 5.73 Å². The molecule has 1 saturated heterocycles. The SMILES string of the molecule is CSC1CCCN(c2ccccc2C(C)N)CC1. The zero-order valence-corrected chi connectivity index (χ0v) is 12.2. The van der Waals surface area contributed by atoms with Crippen LogP contribution in [0.15, 0.2) is 24.3 Å². The predicted molar refractivity (Wildman–Crippen MR) is 82.4 cm³/mol. The summed E-state index contributed by atoms with van der Waals surface area (Å²) in [4.78, 5) is 2.52. The summed E-state index contributed by atoms with van der Waals surface area (Å²) < 4.78 is 0. The molecule has 1 aliphatic rings. The first-order valence-electron chi connectivity index (χ1n) is 6.84. The third-order valence-corrected chi connectivity index (χ3v) is 4.91. The molecular formula is C15H24N2S. The molecule has 2 rings (SSSR count). The molecule has 0 radical (unpaired) electrons. The number of anilines is 1. The van der Waals surface area contributed by atoms with Gasteiger partial charge in [-0.25, -0.2) is 0 Å². The van der Waals surface area contributed by atoms with Crippen LogP contribution in [0, 0.1) is 0 Å². The monoisotopic (exact) mass is 264 g/mol. The van der Waals surface area contributed by atoms with Gasteiger partial charge in [-0.3, -0.25) is 0 Å². The van der Waals surface area contributed by atoms with Crippen molar-refractivity contribution < 1.29 is 0 Å². The number of nitrogens with two attached hydrogens (primary N) is 1. The van der Waals surface area contributed by atoms with Crippen LogP contribution in [-0.4, -0.2) is 24.6 Å². The number of para-hydroxylation sites is 1. The van der Waals surface area contributed by atoms with E-state index in [2.05, 4.69) is 42.3 Å². The van der Waals surface area contributed by atoms with E-state index in [-0.39, 0.29) is 6.04 Å². The first-order chi connectivity index (χ1) is 8.72.